The van der Waals surface area contributed by atoms with Crippen LogP contribution in [0.5, 0.6) is 5.75 Å². The summed E-state index contributed by atoms with van der Waals surface area (Å²) < 4.78 is 5.32. The van der Waals surface area contributed by atoms with Crippen LogP contribution in [-0.2, 0) is 16.0 Å². The van der Waals surface area contributed by atoms with Gasteiger partial charge in [0.05, 0.1) is 13.2 Å². The average molecular weight is 331 g/mol. The molecule has 24 heavy (non-hydrogen) atoms. The second kappa shape index (κ2) is 7.68. The molecule has 1 amide bonds. The van der Waals surface area contributed by atoms with Crippen molar-refractivity contribution in [2.75, 3.05) is 39.4 Å². The van der Waals surface area contributed by atoms with Crippen molar-refractivity contribution in [2.24, 2.45) is 5.92 Å². The highest BCUT2D eigenvalue weighted by atomic mass is 16.5. The number of aromatic nitrogens is 1. The lowest BCUT2D eigenvalue weighted by molar-refractivity contribution is -0.124. The van der Waals surface area contributed by atoms with E-state index in [4.69, 9.17) is 4.74 Å². The zero-order chi connectivity index (χ0) is 16.9. The largest absolute Gasteiger partial charge is 0.508 e. The van der Waals surface area contributed by atoms with Gasteiger partial charge in [0.25, 0.3) is 0 Å². The van der Waals surface area contributed by atoms with Crippen LogP contribution in [0, 0.1) is 5.92 Å². The molecule has 1 saturated heterocycles. The molecule has 2 aromatic rings. The molecule has 130 valence electrons. The van der Waals surface area contributed by atoms with Crippen molar-refractivity contribution >= 4 is 16.8 Å². The first kappa shape index (κ1) is 16.8. The Labute approximate surface area is 141 Å². The number of hydrogen-bond donors (Lipinski definition) is 3. The number of rotatable bonds is 6. The number of morpholine rings is 1. The molecule has 0 saturated carbocycles. The van der Waals surface area contributed by atoms with E-state index in [1.807, 2.05) is 19.2 Å². The Kier molecular flexibility index (Phi) is 5.37. The molecule has 2 heterocycles. The minimum absolute atomic E-state index is 0.0674. The third-order valence-corrected chi connectivity index (χ3v) is 4.56. The van der Waals surface area contributed by atoms with E-state index in [0.29, 0.717) is 13.0 Å². The number of phenolic OH excluding ortho intramolecular Hbond substituents is 1. The Morgan fingerprint density at radius 3 is 3.00 bits per heavy atom. The van der Waals surface area contributed by atoms with Gasteiger partial charge >= 0.3 is 0 Å². The number of carbonyl (C=O) groups is 1. The Morgan fingerprint density at radius 1 is 1.42 bits per heavy atom. The predicted octanol–water partition coefficient (Wildman–Crippen LogP) is 1.50. The number of benzene rings is 1. The number of carbonyl (C=O) groups excluding carboxylic acids is 1. The van der Waals surface area contributed by atoms with Crippen molar-refractivity contribution < 1.29 is 14.6 Å². The molecule has 1 aliphatic heterocycles. The lowest BCUT2D eigenvalue weighted by Gasteiger charge is -2.26. The molecular weight excluding hydrogens is 306 g/mol. The zero-order valence-electron chi connectivity index (χ0n) is 14.0. The van der Waals surface area contributed by atoms with Crippen LogP contribution in [0.2, 0.25) is 0 Å². The van der Waals surface area contributed by atoms with Gasteiger partial charge in [0.15, 0.2) is 0 Å². The van der Waals surface area contributed by atoms with Crippen LogP contribution in [0.25, 0.3) is 10.9 Å². The fourth-order valence-electron chi connectivity index (χ4n) is 3.09. The van der Waals surface area contributed by atoms with Crippen molar-refractivity contribution in [1.29, 1.82) is 0 Å². The number of nitrogens with zero attached hydrogens (tertiary/aromatic N) is 1. The van der Waals surface area contributed by atoms with Crippen LogP contribution in [-0.4, -0.2) is 60.3 Å². The second-order valence-electron chi connectivity index (χ2n) is 6.39. The number of nitrogens with one attached hydrogen (secondary N) is 2. The van der Waals surface area contributed by atoms with Crippen LogP contribution in [0.3, 0.4) is 0 Å². The first-order valence-electron chi connectivity index (χ1n) is 8.50. The minimum Gasteiger partial charge on any atom is -0.508 e. The van der Waals surface area contributed by atoms with Crippen molar-refractivity contribution in [2.45, 2.75) is 13.3 Å². The second-order valence-corrected chi connectivity index (χ2v) is 6.39. The zero-order valence-corrected chi connectivity index (χ0v) is 14.0. The number of fused-ring (bicyclic) bond motifs is 1. The highest BCUT2D eigenvalue weighted by Gasteiger charge is 2.16. The fourth-order valence-corrected chi connectivity index (χ4v) is 3.09. The molecule has 3 N–H and O–H groups in total. The number of ether oxygens (including phenoxy) is 1. The van der Waals surface area contributed by atoms with Crippen LogP contribution in [0.4, 0.5) is 0 Å². The molecule has 0 unspecified atom stereocenters. The van der Waals surface area contributed by atoms with E-state index in [1.165, 1.54) is 0 Å². The minimum atomic E-state index is -0.115. The van der Waals surface area contributed by atoms with E-state index in [0.717, 1.165) is 49.3 Å². The normalized spacial score (nSPS) is 17.0. The summed E-state index contributed by atoms with van der Waals surface area (Å²) in [7, 11) is 0. The summed E-state index contributed by atoms with van der Waals surface area (Å²) in [6.45, 7) is 6.89. The van der Waals surface area contributed by atoms with Crippen molar-refractivity contribution in [3.8, 4) is 5.75 Å². The molecule has 1 fully saturated rings. The predicted molar refractivity (Wildman–Crippen MR) is 93.1 cm³/mol. The molecule has 0 aliphatic carbocycles. The Hall–Kier alpha value is -2.05. The molecule has 6 heteroatoms. The first-order chi connectivity index (χ1) is 11.6. The van der Waals surface area contributed by atoms with E-state index < -0.39 is 0 Å². The molecule has 1 aliphatic rings. The molecule has 0 bridgehead atoms. The Bertz CT molecular complexity index is 692. The SMILES string of the molecule is C[C@@H](Cc1c[nH]c2ccc(O)cc12)C(=O)NCCN1CCOCC1. The number of phenols is 1. The van der Waals surface area contributed by atoms with Crippen LogP contribution in [0.15, 0.2) is 24.4 Å². The van der Waals surface area contributed by atoms with Gasteiger partial charge in [-0.3, -0.25) is 9.69 Å². The van der Waals surface area contributed by atoms with E-state index in [2.05, 4.69) is 15.2 Å². The summed E-state index contributed by atoms with van der Waals surface area (Å²) in [6, 6.07) is 5.25. The van der Waals surface area contributed by atoms with Crippen LogP contribution >= 0.6 is 0 Å². The molecular formula is C18H25N3O3. The Balaban J connectivity index is 1.50. The third-order valence-electron chi connectivity index (χ3n) is 4.56. The molecule has 3 rings (SSSR count). The number of H-pyrrole nitrogens is 1. The molecule has 1 aromatic carbocycles. The van der Waals surface area contributed by atoms with Crippen molar-refractivity contribution in [1.82, 2.24) is 15.2 Å². The number of amides is 1. The van der Waals surface area contributed by atoms with Crippen molar-refractivity contribution in [3.05, 3.63) is 30.0 Å². The van der Waals surface area contributed by atoms with Crippen molar-refractivity contribution in [3.63, 3.8) is 0 Å². The van der Waals surface area contributed by atoms with E-state index >= 15 is 0 Å². The number of aromatic hydroxyl groups is 1. The fraction of sp³-hybridized carbons (Fsp3) is 0.500. The standard InChI is InChI=1S/C18H25N3O3/c1-13(18(23)19-4-5-21-6-8-24-9-7-21)10-14-12-20-17-3-2-15(22)11-16(14)17/h2-3,11-13,20,22H,4-10H2,1H3,(H,19,23)/t13-/m0/s1. The smallest absolute Gasteiger partial charge is 0.223 e. The molecule has 0 spiro atoms. The summed E-state index contributed by atoms with van der Waals surface area (Å²) in [5.74, 6) is 0.194. The molecule has 1 aromatic heterocycles. The van der Waals surface area contributed by atoms with E-state index in [1.54, 1.807) is 12.1 Å². The summed E-state index contributed by atoms with van der Waals surface area (Å²) in [5.41, 5.74) is 2.03. The van der Waals surface area contributed by atoms with Crippen LogP contribution < -0.4 is 5.32 Å². The topological polar surface area (TPSA) is 77.6 Å². The van der Waals surface area contributed by atoms with Gasteiger partial charge in [-0.1, -0.05) is 6.92 Å². The maximum Gasteiger partial charge on any atom is 0.223 e. The van der Waals surface area contributed by atoms with Gasteiger partial charge < -0.3 is 20.1 Å². The summed E-state index contributed by atoms with van der Waals surface area (Å²) >= 11 is 0. The maximum absolute atomic E-state index is 12.3. The summed E-state index contributed by atoms with van der Waals surface area (Å²) in [4.78, 5) is 17.8. The highest BCUT2D eigenvalue weighted by Crippen LogP contribution is 2.24. The van der Waals surface area contributed by atoms with Gasteiger partial charge in [0.2, 0.25) is 5.91 Å². The van der Waals surface area contributed by atoms with Gasteiger partial charge in [-0.25, -0.2) is 0 Å². The van der Waals surface area contributed by atoms with Gasteiger partial charge in [0, 0.05) is 49.2 Å². The van der Waals surface area contributed by atoms with Gasteiger partial charge in [-0.2, -0.15) is 0 Å². The maximum atomic E-state index is 12.3. The van der Waals surface area contributed by atoms with Gasteiger partial charge in [0.1, 0.15) is 5.75 Å². The van der Waals surface area contributed by atoms with E-state index in [9.17, 15) is 9.90 Å². The highest BCUT2D eigenvalue weighted by molar-refractivity contribution is 5.86. The molecule has 1 atom stereocenters. The third kappa shape index (κ3) is 4.07. The lowest BCUT2D eigenvalue weighted by atomic mass is 10.00. The van der Waals surface area contributed by atoms with Crippen LogP contribution in [0.1, 0.15) is 12.5 Å². The quantitative estimate of drug-likeness (QED) is 0.750. The summed E-state index contributed by atoms with van der Waals surface area (Å²) in [5, 5.41) is 13.6. The monoisotopic (exact) mass is 331 g/mol. The van der Waals surface area contributed by atoms with E-state index in [-0.39, 0.29) is 17.6 Å². The Morgan fingerprint density at radius 2 is 2.21 bits per heavy atom. The average Bonchev–Trinajstić information content (AvgIpc) is 2.98. The van der Waals surface area contributed by atoms with Gasteiger partial charge in [-0.15, -0.1) is 0 Å². The number of aromatic amines is 1. The lowest BCUT2D eigenvalue weighted by Crippen LogP contribution is -2.42. The molecule has 0 radical (unpaired) electrons. The summed E-state index contributed by atoms with van der Waals surface area (Å²) in [6.07, 6.45) is 2.56. The number of hydrogen-bond acceptors (Lipinski definition) is 4. The first-order valence-corrected chi connectivity index (χ1v) is 8.50. The molecule has 6 nitrogen and oxygen atoms in total. The van der Waals surface area contributed by atoms with Gasteiger partial charge in [-0.05, 0) is 30.2 Å².